The summed E-state index contributed by atoms with van der Waals surface area (Å²) in [5, 5.41) is 3.41. The molecule has 0 amide bonds. The van der Waals surface area contributed by atoms with E-state index in [1.807, 2.05) is 0 Å². The SMILES string of the molecule is CCCNC(C1CCC1)C1CCCCS1(=O)=O. The maximum atomic E-state index is 12.2. The van der Waals surface area contributed by atoms with Crippen molar-refractivity contribution in [1.82, 2.24) is 5.32 Å². The fourth-order valence-corrected chi connectivity index (χ4v) is 5.29. The van der Waals surface area contributed by atoms with Crippen molar-refractivity contribution < 1.29 is 8.42 Å². The molecule has 0 spiro atoms. The van der Waals surface area contributed by atoms with Gasteiger partial charge >= 0.3 is 0 Å². The Labute approximate surface area is 105 Å². The van der Waals surface area contributed by atoms with Crippen LogP contribution in [0.15, 0.2) is 0 Å². The third-order valence-electron chi connectivity index (χ3n) is 4.32. The van der Waals surface area contributed by atoms with Gasteiger partial charge in [0.25, 0.3) is 0 Å². The lowest BCUT2D eigenvalue weighted by atomic mass is 9.77. The molecule has 2 atom stereocenters. The van der Waals surface area contributed by atoms with Gasteiger partial charge in [0.1, 0.15) is 0 Å². The topological polar surface area (TPSA) is 46.2 Å². The second-order valence-corrected chi connectivity index (χ2v) is 7.91. The van der Waals surface area contributed by atoms with Crippen molar-refractivity contribution in [2.75, 3.05) is 12.3 Å². The molecule has 2 rings (SSSR count). The summed E-state index contributed by atoms with van der Waals surface area (Å²) in [7, 11) is -2.84. The average molecular weight is 259 g/mol. The van der Waals surface area contributed by atoms with E-state index in [0.717, 1.165) is 32.2 Å². The van der Waals surface area contributed by atoms with Gasteiger partial charge in [-0.3, -0.25) is 0 Å². The van der Waals surface area contributed by atoms with E-state index >= 15 is 0 Å². The highest BCUT2D eigenvalue weighted by atomic mass is 32.2. The van der Waals surface area contributed by atoms with Crippen LogP contribution in [0.4, 0.5) is 0 Å². The van der Waals surface area contributed by atoms with E-state index in [0.29, 0.717) is 11.7 Å². The lowest BCUT2D eigenvalue weighted by Crippen LogP contribution is -2.52. The molecule has 1 heterocycles. The first-order valence-corrected chi connectivity index (χ1v) is 8.81. The van der Waals surface area contributed by atoms with Crippen LogP contribution in [0.25, 0.3) is 0 Å². The first kappa shape index (κ1) is 13.3. The van der Waals surface area contributed by atoms with Gasteiger partial charge in [-0.1, -0.05) is 19.8 Å². The zero-order chi connectivity index (χ0) is 12.3. The summed E-state index contributed by atoms with van der Waals surface area (Å²) in [6.45, 7) is 3.09. The molecule has 100 valence electrons. The van der Waals surface area contributed by atoms with Crippen LogP contribution < -0.4 is 5.32 Å². The molecule has 4 heteroatoms. The molecule has 0 aromatic rings. The third-order valence-corrected chi connectivity index (χ3v) is 6.63. The first-order valence-electron chi connectivity index (χ1n) is 7.10. The van der Waals surface area contributed by atoms with E-state index in [2.05, 4.69) is 12.2 Å². The summed E-state index contributed by atoms with van der Waals surface area (Å²) in [5.41, 5.74) is 0. The average Bonchev–Trinajstić information content (AvgIpc) is 2.21. The minimum atomic E-state index is -2.84. The monoisotopic (exact) mass is 259 g/mol. The number of rotatable bonds is 5. The maximum Gasteiger partial charge on any atom is 0.154 e. The van der Waals surface area contributed by atoms with E-state index in [1.54, 1.807) is 0 Å². The Kier molecular flexibility index (Phi) is 4.47. The molecule has 3 nitrogen and oxygen atoms in total. The van der Waals surface area contributed by atoms with Crippen molar-refractivity contribution in [1.29, 1.82) is 0 Å². The van der Waals surface area contributed by atoms with Gasteiger partial charge in [0.2, 0.25) is 0 Å². The van der Waals surface area contributed by atoms with Crippen molar-refractivity contribution in [2.24, 2.45) is 5.92 Å². The van der Waals surface area contributed by atoms with E-state index < -0.39 is 9.84 Å². The van der Waals surface area contributed by atoms with Gasteiger partial charge in [-0.15, -0.1) is 0 Å². The largest absolute Gasteiger partial charge is 0.312 e. The summed E-state index contributed by atoms with van der Waals surface area (Å²) in [4.78, 5) is 0. The minimum Gasteiger partial charge on any atom is -0.312 e. The van der Waals surface area contributed by atoms with Crippen molar-refractivity contribution in [3.63, 3.8) is 0 Å². The van der Waals surface area contributed by atoms with Crippen LogP contribution in [0.1, 0.15) is 51.9 Å². The summed E-state index contributed by atoms with van der Waals surface area (Å²) in [5.74, 6) is 1.02. The fourth-order valence-electron chi connectivity index (χ4n) is 3.09. The van der Waals surface area contributed by atoms with Crippen molar-refractivity contribution in [3.8, 4) is 0 Å². The summed E-state index contributed by atoms with van der Waals surface area (Å²) >= 11 is 0. The zero-order valence-corrected chi connectivity index (χ0v) is 11.6. The molecule has 0 radical (unpaired) electrons. The third kappa shape index (κ3) is 3.02. The van der Waals surface area contributed by atoms with Gasteiger partial charge < -0.3 is 5.32 Å². The Balaban J connectivity index is 2.07. The van der Waals surface area contributed by atoms with Gasteiger partial charge in [0, 0.05) is 6.04 Å². The summed E-state index contributed by atoms with van der Waals surface area (Å²) in [6.07, 6.45) is 7.61. The second-order valence-electron chi connectivity index (χ2n) is 5.57. The second kappa shape index (κ2) is 5.70. The highest BCUT2D eigenvalue weighted by Gasteiger charge is 2.40. The Morgan fingerprint density at radius 2 is 1.94 bits per heavy atom. The predicted molar refractivity (Wildman–Crippen MR) is 70.8 cm³/mol. The maximum absolute atomic E-state index is 12.2. The lowest BCUT2D eigenvalue weighted by molar-refractivity contribution is 0.216. The molecule has 0 bridgehead atoms. The number of nitrogens with one attached hydrogen (secondary N) is 1. The molecule has 2 unspecified atom stereocenters. The molecule has 1 saturated carbocycles. The number of hydrogen-bond donors (Lipinski definition) is 1. The Bertz CT molecular complexity index is 335. The summed E-state index contributed by atoms with van der Waals surface area (Å²) < 4.78 is 24.4. The molecule has 1 aliphatic heterocycles. The molecule has 0 aromatic carbocycles. The Morgan fingerprint density at radius 1 is 1.18 bits per heavy atom. The molecule has 0 aromatic heterocycles. The Hall–Kier alpha value is -0.0900. The van der Waals surface area contributed by atoms with E-state index in [-0.39, 0.29) is 11.3 Å². The van der Waals surface area contributed by atoms with Crippen molar-refractivity contribution >= 4 is 9.84 Å². The fraction of sp³-hybridized carbons (Fsp3) is 1.00. The molecular formula is C13H25NO2S. The number of sulfone groups is 1. The van der Waals surface area contributed by atoms with Gasteiger partial charge in [0.05, 0.1) is 11.0 Å². The Morgan fingerprint density at radius 3 is 2.47 bits per heavy atom. The zero-order valence-electron chi connectivity index (χ0n) is 10.8. The van der Waals surface area contributed by atoms with Crippen molar-refractivity contribution in [3.05, 3.63) is 0 Å². The number of hydrogen-bond acceptors (Lipinski definition) is 3. The van der Waals surface area contributed by atoms with E-state index in [9.17, 15) is 8.42 Å². The van der Waals surface area contributed by atoms with Crippen LogP contribution in [0.2, 0.25) is 0 Å². The smallest absolute Gasteiger partial charge is 0.154 e. The van der Waals surface area contributed by atoms with Crippen LogP contribution in [-0.2, 0) is 9.84 Å². The first-order chi connectivity index (χ1) is 8.15. The van der Waals surface area contributed by atoms with Crippen LogP contribution in [0, 0.1) is 5.92 Å². The molecule has 17 heavy (non-hydrogen) atoms. The molecule has 1 N–H and O–H groups in total. The minimum absolute atomic E-state index is 0.104. The standard InChI is InChI=1S/C13H25NO2S/c1-2-9-14-13(11-6-5-7-11)12-8-3-4-10-17(12,15)16/h11-14H,2-10H2,1H3. The van der Waals surface area contributed by atoms with Crippen LogP contribution in [-0.4, -0.2) is 32.0 Å². The highest BCUT2D eigenvalue weighted by Crippen LogP contribution is 2.35. The van der Waals surface area contributed by atoms with Gasteiger partial charge in [-0.2, -0.15) is 0 Å². The van der Waals surface area contributed by atoms with Crippen LogP contribution in [0.5, 0.6) is 0 Å². The normalized spacial score (nSPS) is 30.8. The van der Waals surface area contributed by atoms with Gasteiger partial charge in [-0.05, 0) is 44.6 Å². The summed E-state index contributed by atoms with van der Waals surface area (Å²) in [6, 6.07) is 0.231. The quantitative estimate of drug-likeness (QED) is 0.822. The van der Waals surface area contributed by atoms with E-state index in [4.69, 9.17) is 0 Å². The highest BCUT2D eigenvalue weighted by molar-refractivity contribution is 7.92. The van der Waals surface area contributed by atoms with Crippen LogP contribution in [0.3, 0.4) is 0 Å². The molecule has 1 aliphatic carbocycles. The van der Waals surface area contributed by atoms with Gasteiger partial charge in [0.15, 0.2) is 9.84 Å². The lowest BCUT2D eigenvalue weighted by Gasteiger charge is -2.40. The van der Waals surface area contributed by atoms with Gasteiger partial charge in [-0.25, -0.2) is 8.42 Å². The molecule has 2 aliphatic rings. The van der Waals surface area contributed by atoms with E-state index in [1.165, 1.54) is 19.3 Å². The van der Waals surface area contributed by atoms with Crippen molar-refractivity contribution in [2.45, 2.75) is 63.2 Å². The molecule has 1 saturated heterocycles. The predicted octanol–water partition coefficient (Wildman–Crippen LogP) is 2.12. The van der Waals surface area contributed by atoms with Crippen LogP contribution >= 0.6 is 0 Å². The molecular weight excluding hydrogens is 234 g/mol. The molecule has 2 fully saturated rings.